The molecule has 0 aliphatic heterocycles. The number of hydrogen-bond donors (Lipinski definition) is 1. The first-order valence-electron chi connectivity index (χ1n) is 4.88. The lowest BCUT2D eigenvalue weighted by Crippen LogP contribution is -2.32. The summed E-state index contributed by atoms with van der Waals surface area (Å²) in [6.07, 6.45) is 0.190. The Morgan fingerprint density at radius 3 is 2.82 bits per heavy atom. The second kappa shape index (κ2) is 5.80. The Hall–Kier alpha value is -2.16. The average molecular weight is 239 g/mol. The van der Waals surface area contributed by atoms with Gasteiger partial charge in [0.25, 0.3) is 0 Å². The van der Waals surface area contributed by atoms with Crippen molar-refractivity contribution in [3.05, 3.63) is 29.8 Å². The third-order valence-electron chi connectivity index (χ3n) is 2.08. The van der Waals surface area contributed by atoms with Crippen molar-refractivity contribution in [3.8, 4) is 6.07 Å². The molecule has 0 aliphatic rings. The van der Waals surface area contributed by atoms with Crippen LogP contribution in [0.3, 0.4) is 0 Å². The van der Waals surface area contributed by atoms with E-state index >= 15 is 0 Å². The molecule has 0 saturated heterocycles. The molecule has 0 spiro atoms. The van der Waals surface area contributed by atoms with Gasteiger partial charge < -0.3 is 10.2 Å². The molecule has 1 aromatic rings. The summed E-state index contributed by atoms with van der Waals surface area (Å²) in [5.74, 6) is -1.55. The largest absolute Gasteiger partial charge is 0.327 e. The Morgan fingerprint density at radius 1 is 1.53 bits per heavy atom. The van der Waals surface area contributed by atoms with Crippen LogP contribution in [0.25, 0.3) is 0 Å². The van der Waals surface area contributed by atoms with E-state index in [1.807, 2.05) is 6.07 Å². The Bertz CT molecular complexity index is 457. The molecule has 1 aromatic carbocycles. The Labute approximate surface area is 97.5 Å². The van der Waals surface area contributed by atoms with Crippen LogP contribution in [-0.4, -0.2) is 24.5 Å². The highest BCUT2D eigenvalue weighted by Crippen LogP contribution is 2.15. The molecule has 1 N–H and O–H groups in total. The first kappa shape index (κ1) is 12.9. The predicted molar refractivity (Wildman–Crippen MR) is 58.2 cm³/mol. The number of benzene rings is 1. The van der Waals surface area contributed by atoms with Gasteiger partial charge in [-0.15, -0.1) is 0 Å². The molecular formula is C11H11F2N3O. The van der Waals surface area contributed by atoms with Crippen LogP contribution >= 0.6 is 0 Å². The monoisotopic (exact) mass is 239 g/mol. The van der Waals surface area contributed by atoms with Crippen molar-refractivity contribution < 1.29 is 13.6 Å². The summed E-state index contributed by atoms with van der Waals surface area (Å²) in [7, 11) is 1.48. The molecule has 0 radical (unpaired) electrons. The van der Waals surface area contributed by atoms with Gasteiger partial charge in [-0.25, -0.2) is 13.6 Å². The van der Waals surface area contributed by atoms with E-state index in [4.69, 9.17) is 5.26 Å². The minimum atomic E-state index is -0.841. The van der Waals surface area contributed by atoms with Gasteiger partial charge >= 0.3 is 6.03 Å². The van der Waals surface area contributed by atoms with Crippen molar-refractivity contribution in [2.45, 2.75) is 6.42 Å². The van der Waals surface area contributed by atoms with Crippen LogP contribution in [0.2, 0.25) is 0 Å². The van der Waals surface area contributed by atoms with Crippen LogP contribution in [0, 0.1) is 23.0 Å². The van der Waals surface area contributed by atoms with E-state index in [0.717, 1.165) is 12.1 Å². The van der Waals surface area contributed by atoms with Gasteiger partial charge in [-0.2, -0.15) is 5.26 Å². The number of nitrogens with one attached hydrogen (secondary N) is 1. The fourth-order valence-corrected chi connectivity index (χ4v) is 1.12. The molecule has 1 rings (SSSR count). The number of rotatable bonds is 3. The number of urea groups is 1. The van der Waals surface area contributed by atoms with Gasteiger partial charge in [0.1, 0.15) is 11.6 Å². The van der Waals surface area contributed by atoms with Gasteiger partial charge in [-0.3, -0.25) is 0 Å². The van der Waals surface area contributed by atoms with Crippen molar-refractivity contribution in [2.24, 2.45) is 0 Å². The fourth-order valence-electron chi connectivity index (χ4n) is 1.12. The summed E-state index contributed by atoms with van der Waals surface area (Å²) in [5, 5.41) is 10.6. The summed E-state index contributed by atoms with van der Waals surface area (Å²) in [6, 6.07) is 4.22. The summed E-state index contributed by atoms with van der Waals surface area (Å²) < 4.78 is 25.8. The normalized spacial score (nSPS) is 9.53. The van der Waals surface area contributed by atoms with Crippen LogP contribution in [0.5, 0.6) is 0 Å². The van der Waals surface area contributed by atoms with Crippen molar-refractivity contribution in [3.63, 3.8) is 0 Å². The topological polar surface area (TPSA) is 56.1 Å². The van der Waals surface area contributed by atoms with E-state index in [1.54, 1.807) is 0 Å². The molecular weight excluding hydrogens is 228 g/mol. The molecule has 2 amide bonds. The van der Waals surface area contributed by atoms with Crippen molar-refractivity contribution in [2.75, 3.05) is 18.9 Å². The van der Waals surface area contributed by atoms with Gasteiger partial charge in [-0.05, 0) is 12.1 Å². The van der Waals surface area contributed by atoms with E-state index in [-0.39, 0.29) is 18.7 Å². The standard InChI is InChI=1S/C11H11F2N3O/c1-16(6-2-5-14)11(17)15-10-4-3-8(12)7-9(10)13/h3-4,7H,2,6H2,1H3,(H,15,17). The Balaban J connectivity index is 2.65. The van der Waals surface area contributed by atoms with Crippen molar-refractivity contribution in [1.82, 2.24) is 4.90 Å². The SMILES string of the molecule is CN(CCC#N)C(=O)Nc1ccc(F)cc1F. The molecule has 4 nitrogen and oxygen atoms in total. The first-order chi connectivity index (χ1) is 8.04. The van der Waals surface area contributed by atoms with Gasteiger partial charge in [0.15, 0.2) is 0 Å². The molecule has 0 bridgehead atoms. The maximum Gasteiger partial charge on any atom is 0.321 e. The molecule has 90 valence electrons. The molecule has 0 aliphatic carbocycles. The van der Waals surface area contributed by atoms with E-state index in [9.17, 15) is 13.6 Å². The zero-order valence-electron chi connectivity index (χ0n) is 9.20. The molecule has 0 aromatic heterocycles. The summed E-state index contributed by atoms with van der Waals surface area (Å²) in [5.41, 5.74) is -0.0970. The minimum Gasteiger partial charge on any atom is -0.327 e. The fraction of sp³-hybridized carbons (Fsp3) is 0.273. The van der Waals surface area contributed by atoms with E-state index in [1.165, 1.54) is 11.9 Å². The third kappa shape index (κ3) is 3.72. The van der Waals surface area contributed by atoms with Gasteiger partial charge in [0.2, 0.25) is 0 Å². The van der Waals surface area contributed by atoms with Crippen LogP contribution in [0.1, 0.15) is 6.42 Å². The number of amides is 2. The number of nitriles is 1. The highest BCUT2D eigenvalue weighted by molar-refractivity contribution is 5.89. The van der Waals surface area contributed by atoms with E-state index < -0.39 is 17.7 Å². The van der Waals surface area contributed by atoms with Crippen molar-refractivity contribution in [1.29, 1.82) is 5.26 Å². The van der Waals surface area contributed by atoms with Crippen LogP contribution < -0.4 is 5.32 Å². The summed E-state index contributed by atoms with van der Waals surface area (Å²) in [4.78, 5) is 12.7. The number of hydrogen-bond acceptors (Lipinski definition) is 2. The maximum atomic E-state index is 13.2. The van der Waals surface area contributed by atoms with Crippen LogP contribution in [0.4, 0.5) is 19.3 Å². The third-order valence-corrected chi connectivity index (χ3v) is 2.08. The molecule has 0 fully saturated rings. The molecule has 0 heterocycles. The van der Waals surface area contributed by atoms with Crippen LogP contribution in [-0.2, 0) is 0 Å². The smallest absolute Gasteiger partial charge is 0.321 e. The Kier molecular flexibility index (Phi) is 4.40. The highest BCUT2D eigenvalue weighted by atomic mass is 19.1. The van der Waals surface area contributed by atoms with Gasteiger partial charge in [-0.1, -0.05) is 0 Å². The summed E-state index contributed by atoms with van der Waals surface area (Å²) in [6.45, 7) is 0.241. The zero-order valence-corrected chi connectivity index (χ0v) is 9.20. The molecule has 0 saturated carbocycles. The zero-order chi connectivity index (χ0) is 12.8. The second-order valence-electron chi connectivity index (χ2n) is 3.38. The highest BCUT2D eigenvalue weighted by Gasteiger charge is 2.11. The molecule has 6 heteroatoms. The summed E-state index contributed by atoms with van der Waals surface area (Å²) >= 11 is 0. The maximum absolute atomic E-state index is 13.2. The van der Waals surface area contributed by atoms with Crippen LogP contribution in [0.15, 0.2) is 18.2 Å². The van der Waals surface area contributed by atoms with Crippen molar-refractivity contribution >= 4 is 11.7 Å². The number of carbonyl (C=O) groups excluding carboxylic acids is 1. The Morgan fingerprint density at radius 2 is 2.24 bits per heavy atom. The molecule has 17 heavy (non-hydrogen) atoms. The second-order valence-corrected chi connectivity index (χ2v) is 3.38. The number of halogens is 2. The number of anilines is 1. The van der Waals surface area contributed by atoms with Gasteiger partial charge in [0.05, 0.1) is 18.2 Å². The lowest BCUT2D eigenvalue weighted by molar-refractivity contribution is 0.223. The lowest BCUT2D eigenvalue weighted by Gasteiger charge is -2.16. The molecule has 0 atom stereocenters. The lowest BCUT2D eigenvalue weighted by atomic mass is 10.3. The van der Waals surface area contributed by atoms with Gasteiger partial charge in [0, 0.05) is 19.7 Å². The van der Waals surface area contributed by atoms with E-state index in [2.05, 4.69) is 5.32 Å². The quantitative estimate of drug-likeness (QED) is 0.880. The number of carbonyl (C=O) groups is 1. The number of nitrogens with zero attached hydrogens (tertiary/aromatic N) is 2. The predicted octanol–water partition coefficient (Wildman–Crippen LogP) is 2.34. The minimum absolute atomic E-state index is 0.0970. The van der Waals surface area contributed by atoms with E-state index in [0.29, 0.717) is 6.07 Å². The first-order valence-corrected chi connectivity index (χ1v) is 4.88. The molecule has 0 unspecified atom stereocenters. The average Bonchev–Trinajstić information content (AvgIpc) is 2.29.